The van der Waals surface area contributed by atoms with Crippen molar-refractivity contribution in [3.8, 4) is 5.75 Å². The summed E-state index contributed by atoms with van der Waals surface area (Å²) in [7, 11) is 0. The topological polar surface area (TPSA) is 101 Å². The number of Topliss-reactive ketones (excluding diaryl/α,β-unsaturated/α-hetero) is 1. The van der Waals surface area contributed by atoms with Crippen molar-refractivity contribution in [2.75, 3.05) is 18.1 Å². The van der Waals surface area contributed by atoms with Crippen molar-refractivity contribution in [1.29, 1.82) is 0 Å². The van der Waals surface area contributed by atoms with E-state index >= 15 is 0 Å². The molecule has 0 spiro atoms. The fourth-order valence-corrected chi connectivity index (χ4v) is 6.89. The van der Waals surface area contributed by atoms with Gasteiger partial charge in [0.1, 0.15) is 12.4 Å². The van der Waals surface area contributed by atoms with Gasteiger partial charge in [-0.2, -0.15) is 0 Å². The summed E-state index contributed by atoms with van der Waals surface area (Å²) in [5.41, 5.74) is 3.95. The van der Waals surface area contributed by atoms with Crippen LogP contribution >= 0.6 is 11.6 Å². The fourth-order valence-electron chi connectivity index (χ4n) is 6.72. The number of amides is 2. The number of aliphatic hydroxyl groups excluding tert-OH is 1. The molecule has 0 aromatic heterocycles. The van der Waals surface area contributed by atoms with Gasteiger partial charge in [-0.05, 0) is 62.4 Å². The van der Waals surface area contributed by atoms with Crippen LogP contribution in [-0.2, 0) is 19.2 Å². The predicted octanol–water partition coefficient (Wildman–Crippen LogP) is 4.65. The number of hydrogen-bond acceptors (Lipinski definition) is 6. The SMILES string of the molecule is CC1=CC(=O)C2=C(C[C@@H]3C(=CC[C@@H]4C(=O)N(c5ccc(C)c(Cl)c5)C(=O)[C@@H]43)[C@@H]2c2ccccc2OCCO)C1=O. The molecule has 7 nitrogen and oxygen atoms in total. The molecule has 4 atom stereocenters. The Morgan fingerprint density at radius 2 is 1.80 bits per heavy atom. The molecule has 2 aromatic rings. The second-order valence-corrected chi connectivity index (χ2v) is 11.2. The van der Waals surface area contributed by atoms with E-state index in [0.717, 1.165) is 11.1 Å². The van der Waals surface area contributed by atoms with Crippen LogP contribution in [0.3, 0.4) is 0 Å². The molecule has 2 aromatic carbocycles. The molecule has 4 aliphatic rings. The standard InChI is InChI=1S/C32H28ClNO6/c1-16-7-8-18(14-24(16)33)34-31(38)21-10-9-19-22(28(21)32(34)39)15-23-29(25(36)13-17(2)30(23)37)27(19)20-5-3-4-6-26(20)40-12-11-35/h3-9,13-14,21-22,27-28,35H,10-12,15H2,1-2H3/t21-,22+,27+,28-/m0/s1. The second kappa shape index (κ2) is 9.98. The highest BCUT2D eigenvalue weighted by molar-refractivity contribution is 6.32. The van der Waals surface area contributed by atoms with Crippen LogP contribution in [0.15, 0.2) is 76.9 Å². The monoisotopic (exact) mass is 557 g/mol. The lowest BCUT2D eigenvalue weighted by Gasteiger charge is -2.42. The number of aliphatic hydroxyl groups is 1. The van der Waals surface area contributed by atoms with E-state index in [2.05, 4.69) is 0 Å². The molecule has 8 heteroatoms. The van der Waals surface area contributed by atoms with Crippen molar-refractivity contribution in [3.05, 3.63) is 93.1 Å². The van der Waals surface area contributed by atoms with Gasteiger partial charge in [0, 0.05) is 33.2 Å². The van der Waals surface area contributed by atoms with Crippen molar-refractivity contribution >= 4 is 40.7 Å². The summed E-state index contributed by atoms with van der Waals surface area (Å²) in [6, 6.07) is 12.4. The first-order valence-corrected chi connectivity index (χ1v) is 13.8. The minimum absolute atomic E-state index is 0.0652. The van der Waals surface area contributed by atoms with Crippen molar-refractivity contribution in [2.45, 2.75) is 32.6 Å². The minimum Gasteiger partial charge on any atom is -0.491 e. The van der Waals surface area contributed by atoms with Gasteiger partial charge in [0.15, 0.2) is 11.6 Å². The van der Waals surface area contributed by atoms with E-state index in [1.807, 2.05) is 25.1 Å². The maximum absolute atomic E-state index is 14.0. The van der Waals surface area contributed by atoms with E-state index in [1.165, 1.54) is 11.0 Å². The average Bonchev–Trinajstić information content (AvgIpc) is 3.20. The predicted molar refractivity (Wildman–Crippen MR) is 149 cm³/mol. The third kappa shape index (κ3) is 3.99. The summed E-state index contributed by atoms with van der Waals surface area (Å²) < 4.78 is 5.85. The first kappa shape index (κ1) is 26.4. The number of ether oxygens (including phenoxy) is 1. The lowest BCUT2D eigenvalue weighted by molar-refractivity contribution is -0.123. The fraction of sp³-hybridized carbons (Fsp3) is 0.312. The van der Waals surface area contributed by atoms with Gasteiger partial charge in [-0.3, -0.25) is 19.2 Å². The molecule has 40 heavy (non-hydrogen) atoms. The zero-order valence-corrected chi connectivity index (χ0v) is 22.9. The third-order valence-corrected chi connectivity index (χ3v) is 8.96. The Bertz CT molecular complexity index is 1580. The van der Waals surface area contributed by atoms with Crippen LogP contribution in [0.1, 0.15) is 36.8 Å². The molecule has 1 heterocycles. The minimum atomic E-state index is -0.677. The first-order chi connectivity index (χ1) is 19.2. The number of fused-ring (bicyclic) bond motifs is 3. The molecule has 1 aliphatic heterocycles. The van der Waals surface area contributed by atoms with Gasteiger partial charge in [-0.15, -0.1) is 0 Å². The molecule has 3 aliphatic carbocycles. The molecule has 1 fully saturated rings. The highest BCUT2D eigenvalue weighted by Gasteiger charge is 2.56. The third-order valence-electron chi connectivity index (χ3n) is 8.55. The van der Waals surface area contributed by atoms with Gasteiger partial charge in [0.05, 0.1) is 24.1 Å². The second-order valence-electron chi connectivity index (χ2n) is 10.8. The molecular formula is C32H28ClNO6. The molecule has 0 radical (unpaired) electrons. The number of imide groups is 1. The highest BCUT2D eigenvalue weighted by Crippen LogP contribution is 2.56. The molecule has 6 rings (SSSR count). The van der Waals surface area contributed by atoms with E-state index in [9.17, 15) is 24.3 Å². The largest absolute Gasteiger partial charge is 0.491 e. The molecule has 1 saturated heterocycles. The van der Waals surface area contributed by atoms with Gasteiger partial charge < -0.3 is 9.84 Å². The van der Waals surface area contributed by atoms with Crippen molar-refractivity contribution in [2.24, 2.45) is 17.8 Å². The number of nitrogens with zero attached hydrogens (tertiary/aromatic N) is 1. The number of para-hydroxylation sites is 1. The lowest BCUT2D eigenvalue weighted by atomic mass is 9.59. The molecule has 2 amide bonds. The Balaban J connectivity index is 1.48. The van der Waals surface area contributed by atoms with E-state index < -0.39 is 23.7 Å². The summed E-state index contributed by atoms with van der Waals surface area (Å²) in [5, 5.41) is 9.85. The normalized spacial score (nSPS) is 25.9. The van der Waals surface area contributed by atoms with Crippen LogP contribution in [0.4, 0.5) is 5.69 Å². The smallest absolute Gasteiger partial charge is 0.238 e. The molecule has 1 N–H and O–H groups in total. The van der Waals surface area contributed by atoms with Crippen LogP contribution in [0, 0.1) is 24.7 Å². The Morgan fingerprint density at radius 1 is 1.02 bits per heavy atom. The maximum atomic E-state index is 14.0. The number of halogens is 1. The van der Waals surface area contributed by atoms with Crippen molar-refractivity contribution in [3.63, 3.8) is 0 Å². The van der Waals surface area contributed by atoms with Crippen LogP contribution in [0.25, 0.3) is 0 Å². The van der Waals surface area contributed by atoms with E-state index in [4.69, 9.17) is 16.3 Å². The van der Waals surface area contributed by atoms with E-state index in [1.54, 1.807) is 37.3 Å². The zero-order chi connectivity index (χ0) is 28.3. The number of aryl methyl sites for hydroxylation is 1. The summed E-state index contributed by atoms with van der Waals surface area (Å²) in [4.78, 5) is 55.8. The van der Waals surface area contributed by atoms with E-state index in [-0.39, 0.29) is 43.0 Å². The molecule has 0 bridgehead atoms. The van der Waals surface area contributed by atoms with Crippen LogP contribution in [0.2, 0.25) is 5.02 Å². The van der Waals surface area contributed by atoms with Crippen molar-refractivity contribution in [1.82, 2.24) is 0 Å². The number of carbonyl (C=O) groups excluding carboxylic acids is 4. The maximum Gasteiger partial charge on any atom is 0.238 e. The van der Waals surface area contributed by atoms with Gasteiger partial charge in [-0.1, -0.05) is 47.5 Å². The van der Waals surface area contributed by atoms with Gasteiger partial charge in [-0.25, -0.2) is 4.90 Å². The molecule has 0 saturated carbocycles. The van der Waals surface area contributed by atoms with Gasteiger partial charge >= 0.3 is 0 Å². The number of carbonyl (C=O) groups is 4. The van der Waals surface area contributed by atoms with Crippen LogP contribution in [-0.4, -0.2) is 41.7 Å². The summed E-state index contributed by atoms with van der Waals surface area (Å²) in [5.74, 6) is -2.87. The van der Waals surface area contributed by atoms with Crippen molar-refractivity contribution < 1.29 is 29.0 Å². The quantitative estimate of drug-likeness (QED) is 0.326. The molecule has 0 unspecified atom stereocenters. The number of rotatable bonds is 5. The number of ketones is 2. The Labute approximate surface area is 236 Å². The lowest BCUT2D eigenvalue weighted by Crippen LogP contribution is -2.40. The Hall–Kier alpha value is -3.81. The zero-order valence-electron chi connectivity index (χ0n) is 22.1. The number of anilines is 1. The van der Waals surface area contributed by atoms with Gasteiger partial charge in [0.25, 0.3) is 0 Å². The summed E-state index contributed by atoms with van der Waals surface area (Å²) in [6.07, 6.45) is 3.90. The Morgan fingerprint density at radius 3 is 2.55 bits per heavy atom. The summed E-state index contributed by atoms with van der Waals surface area (Å²) in [6.45, 7) is 3.36. The number of benzene rings is 2. The highest BCUT2D eigenvalue weighted by atomic mass is 35.5. The number of allylic oxidation sites excluding steroid dienone is 6. The van der Waals surface area contributed by atoms with E-state index in [0.29, 0.717) is 45.2 Å². The molecule has 204 valence electrons. The number of hydrogen-bond donors (Lipinski definition) is 1. The summed E-state index contributed by atoms with van der Waals surface area (Å²) >= 11 is 6.34. The Kier molecular flexibility index (Phi) is 6.59. The molecular weight excluding hydrogens is 530 g/mol. The van der Waals surface area contributed by atoms with Crippen LogP contribution in [0.5, 0.6) is 5.75 Å². The van der Waals surface area contributed by atoms with Crippen LogP contribution < -0.4 is 9.64 Å². The first-order valence-electron chi connectivity index (χ1n) is 13.4. The average molecular weight is 558 g/mol. The van der Waals surface area contributed by atoms with Gasteiger partial charge in [0.2, 0.25) is 11.8 Å².